The van der Waals surface area contributed by atoms with Crippen molar-refractivity contribution in [2.75, 3.05) is 11.5 Å². The molecule has 0 rings (SSSR count). The zero-order valence-electron chi connectivity index (χ0n) is 10.6. The maximum Gasteiger partial charge on any atom is 0.394 e. The van der Waals surface area contributed by atoms with Gasteiger partial charge in [0.1, 0.15) is 0 Å². The molecule has 0 aromatic heterocycles. The lowest BCUT2D eigenvalue weighted by Crippen LogP contribution is -2.15. The maximum absolute atomic E-state index is 10.0. The Balaban J connectivity index is -0.000000206. The van der Waals surface area contributed by atoms with Crippen molar-refractivity contribution in [3.63, 3.8) is 0 Å². The van der Waals surface area contributed by atoms with Crippen LogP contribution in [0.5, 0.6) is 0 Å². The summed E-state index contributed by atoms with van der Waals surface area (Å²) in [5.74, 6) is 0.181. The first-order valence-corrected chi connectivity index (χ1v) is 9.66. The lowest BCUT2D eigenvalue weighted by Gasteiger charge is -1.87. The quantitative estimate of drug-likeness (QED) is 0.452. The summed E-state index contributed by atoms with van der Waals surface area (Å²) in [6, 6.07) is 0. The highest BCUT2D eigenvalue weighted by molar-refractivity contribution is 7.89. The topological polar surface area (TPSA) is 195 Å². The van der Waals surface area contributed by atoms with Crippen LogP contribution in [-0.4, -0.2) is 45.9 Å². The largest absolute Gasteiger partial charge is 0.394 e. The summed E-state index contributed by atoms with van der Waals surface area (Å²) in [5.41, 5.74) is 0. The fourth-order valence-electron chi connectivity index (χ4n) is 0.569. The molecule has 0 heterocycles. The van der Waals surface area contributed by atoms with Crippen molar-refractivity contribution in [1.29, 1.82) is 0 Å². The van der Waals surface area contributed by atoms with E-state index in [0.717, 1.165) is 0 Å². The third-order valence-electron chi connectivity index (χ3n) is 0.977. The Morgan fingerprint density at radius 2 is 0.895 bits per heavy atom. The Morgan fingerprint density at radius 1 is 0.737 bits per heavy atom. The van der Waals surface area contributed by atoms with Gasteiger partial charge in [0.25, 0.3) is 0 Å². The van der Waals surface area contributed by atoms with Crippen LogP contribution in [0.4, 0.5) is 0 Å². The molecular formula is C6H20N2O8S3. The number of sulfonamides is 2. The predicted molar refractivity (Wildman–Crippen MR) is 70.7 cm³/mol. The van der Waals surface area contributed by atoms with E-state index in [4.69, 9.17) is 17.5 Å². The van der Waals surface area contributed by atoms with E-state index in [1.807, 2.05) is 0 Å². The number of primary sulfonamides is 2. The minimum absolute atomic E-state index is 0.0903. The fraction of sp³-hybridized carbons (Fsp3) is 1.00. The van der Waals surface area contributed by atoms with E-state index >= 15 is 0 Å². The maximum atomic E-state index is 10.0. The van der Waals surface area contributed by atoms with E-state index in [0.29, 0.717) is 12.8 Å². The van der Waals surface area contributed by atoms with Crippen LogP contribution >= 0.6 is 0 Å². The van der Waals surface area contributed by atoms with Crippen molar-refractivity contribution in [3.8, 4) is 0 Å². The van der Waals surface area contributed by atoms with Gasteiger partial charge in [0, 0.05) is 0 Å². The molecule has 0 aromatic carbocycles. The molecule has 0 radical (unpaired) electrons. The van der Waals surface area contributed by atoms with E-state index in [-0.39, 0.29) is 11.5 Å². The molecule has 0 atom stereocenters. The van der Waals surface area contributed by atoms with Gasteiger partial charge in [-0.2, -0.15) is 8.42 Å². The van der Waals surface area contributed by atoms with Crippen molar-refractivity contribution < 1.29 is 34.4 Å². The number of hydrogen-bond donors (Lipinski definition) is 4. The van der Waals surface area contributed by atoms with Gasteiger partial charge in [-0.1, -0.05) is 13.8 Å². The minimum Gasteiger partial charge on any atom is -0.264 e. The molecule has 120 valence electrons. The Hall–Kier alpha value is -0.310. The first-order chi connectivity index (χ1) is 8.12. The second-order valence-corrected chi connectivity index (χ2v) is 7.55. The smallest absolute Gasteiger partial charge is 0.264 e. The van der Waals surface area contributed by atoms with Crippen LogP contribution in [0.25, 0.3) is 0 Å². The molecule has 0 aromatic rings. The molecular weight excluding hydrogens is 324 g/mol. The highest BCUT2D eigenvalue weighted by Gasteiger charge is 1.96. The number of hydrogen-bond acceptors (Lipinski definition) is 6. The van der Waals surface area contributed by atoms with Gasteiger partial charge in [0.15, 0.2) is 0 Å². The van der Waals surface area contributed by atoms with Crippen LogP contribution in [0.2, 0.25) is 0 Å². The van der Waals surface area contributed by atoms with Gasteiger partial charge in [0.05, 0.1) is 11.5 Å². The molecule has 0 aliphatic carbocycles. The summed E-state index contributed by atoms with van der Waals surface area (Å²) in [5, 5.41) is 9.24. The second kappa shape index (κ2) is 10.5. The third-order valence-corrected chi connectivity index (χ3v) is 2.93. The van der Waals surface area contributed by atoms with Gasteiger partial charge in [0.2, 0.25) is 20.0 Å². The molecule has 6 N–H and O–H groups in total. The number of nitrogens with two attached hydrogens (primary N) is 2. The molecule has 19 heavy (non-hydrogen) atoms. The average Bonchev–Trinajstić information content (AvgIpc) is 1.95. The highest BCUT2D eigenvalue weighted by atomic mass is 32.3. The van der Waals surface area contributed by atoms with Crippen LogP contribution in [-0.2, 0) is 30.4 Å². The van der Waals surface area contributed by atoms with E-state index in [1.54, 1.807) is 13.8 Å². The van der Waals surface area contributed by atoms with E-state index in [2.05, 4.69) is 10.3 Å². The second-order valence-electron chi connectivity index (χ2n) is 3.18. The summed E-state index contributed by atoms with van der Waals surface area (Å²) in [4.78, 5) is 0. The molecule has 0 amide bonds. The molecule has 0 aliphatic heterocycles. The van der Waals surface area contributed by atoms with Crippen LogP contribution < -0.4 is 10.3 Å². The average molecular weight is 344 g/mol. The van der Waals surface area contributed by atoms with Crippen molar-refractivity contribution in [3.05, 3.63) is 0 Å². The van der Waals surface area contributed by atoms with E-state index in [9.17, 15) is 16.8 Å². The summed E-state index contributed by atoms with van der Waals surface area (Å²) < 4.78 is 71.6. The SMILES string of the molecule is CCCS(N)(=O)=O.CCCS(N)(=O)=O.O=S(=O)(O)O. The summed E-state index contributed by atoms with van der Waals surface area (Å²) in [6.45, 7) is 3.54. The van der Waals surface area contributed by atoms with Crippen molar-refractivity contribution in [1.82, 2.24) is 0 Å². The lowest BCUT2D eigenvalue weighted by molar-refractivity contribution is 0.381. The standard InChI is InChI=1S/2C3H9NO2S.H2O4S/c2*1-2-3-7(4,5)6;1-5(2,3)4/h2*2-3H2,1H3,(H2,4,5,6);(H2,1,2,3,4). The Bertz CT molecular complexity index is 465. The predicted octanol–water partition coefficient (Wildman–Crippen LogP) is -1.28. The van der Waals surface area contributed by atoms with Gasteiger partial charge in [-0.05, 0) is 12.8 Å². The highest BCUT2D eigenvalue weighted by Crippen LogP contribution is 1.80. The number of rotatable bonds is 4. The van der Waals surface area contributed by atoms with Crippen LogP contribution in [0, 0.1) is 0 Å². The van der Waals surface area contributed by atoms with Crippen LogP contribution in [0.3, 0.4) is 0 Å². The van der Waals surface area contributed by atoms with E-state index < -0.39 is 30.4 Å². The van der Waals surface area contributed by atoms with Gasteiger partial charge in [-0.15, -0.1) is 0 Å². The van der Waals surface area contributed by atoms with E-state index in [1.165, 1.54) is 0 Å². The van der Waals surface area contributed by atoms with Gasteiger partial charge in [-0.25, -0.2) is 27.1 Å². The summed E-state index contributed by atoms with van der Waals surface area (Å²) >= 11 is 0. The molecule has 0 saturated carbocycles. The summed E-state index contributed by atoms with van der Waals surface area (Å²) in [6.07, 6.45) is 1.19. The molecule has 13 heteroatoms. The summed E-state index contributed by atoms with van der Waals surface area (Å²) in [7, 11) is -11.0. The Labute approximate surface area is 113 Å². The molecule has 0 bridgehead atoms. The van der Waals surface area contributed by atoms with Crippen LogP contribution in [0.1, 0.15) is 26.7 Å². The first kappa shape index (κ1) is 23.8. The molecule has 0 spiro atoms. The molecule has 0 saturated heterocycles. The zero-order valence-corrected chi connectivity index (χ0v) is 13.0. The fourth-order valence-corrected chi connectivity index (χ4v) is 1.71. The Morgan fingerprint density at radius 3 is 0.895 bits per heavy atom. The van der Waals surface area contributed by atoms with Crippen molar-refractivity contribution >= 4 is 30.4 Å². The normalized spacial score (nSPS) is 11.7. The third kappa shape index (κ3) is 73.6. The minimum atomic E-state index is -4.67. The molecule has 0 aliphatic rings. The first-order valence-electron chi connectivity index (χ1n) is 4.83. The zero-order chi connectivity index (χ0) is 16.3. The van der Waals surface area contributed by atoms with Gasteiger partial charge < -0.3 is 0 Å². The monoisotopic (exact) mass is 344 g/mol. The molecule has 0 fully saturated rings. The van der Waals surface area contributed by atoms with Crippen molar-refractivity contribution in [2.45, 2.75) is 26.7 Å². The van der Waals surface area contributed by atoms with Crippen LogP contribution in [0.15, 0.2) is 0 Å². The molecule has 10 nitrogen and oxygen atoms in total. The van der Waals surface area contributed by atoms with Gasteiger partial charge >= 0.3 is 10.4 Å². The Kier molecular flexibility index (Phi) is 13.1. The lowest BCUT2D eigenvalue weighted by atomic mass is 10.6. The van der Waals surface area contributed by atoms with Crippen molar-refractivity contribution in [2.24, 2.45) is 10.3 Å². The molecule has 0 unspecified atom stereocenters. The van der Waals surface area contributed by atoms with Gasteiger partial charge in [-0.3, -0.25) is 9.11 Å².